The average molecular weight is 318 g/mol. The van der Waals surface area contributed by atoms with Crippen LogP contribution in [0.4, 0.5) is 0 Å². The Kier molecular flexibility index (Phi) is 6.54. The average Bonchev–Trinajstić information content (AvgIpc) is 2.62. The molecule has 1 fully saturated rings. The third kappa shape index (κ3) is 4.29. The van der Waals surface area contributed by atoms with Crippen LogP contribution in [0.15, 0.2) is 12.1 Å². The Hall–Kier alpha value is -1.93. The summed E-state index contributed by atoms with van der Waals surface area (Å²) in [6.45, 7) is 3.25. The summed E-state index contributed by atoms with van der Waals surface area (Å²) < 4.78 is 16.1. The molecule has 1 atom stereocenters. The van der Waals surface area contributed by atoms with E-state index in [1.807, 2.05) is 12.1 Å². The van der Waals surface area contributed by atoms with Crippen molar-refractivity contribution in [2.45, 2.75) is 31.6 Å². The second-order valence-electron chi connectivity index (χ2n) is 5.83. The van der Waals surface area contributed by atoms with Crippen LogP contribution in [0.25, 0.3) is 0 Å². The van der Waals surface area contributed by atoms with E-state index in [0.717, 1.165) is 31.6 Å². The molecule has 0 N–H and O–H groups in total. The lowest BCUT2D eigenvalue weighted by atomic mass is 9.95. The molecule has 1 aromatic rings. The first-order valence-corrected chi connectivity index (χ1v) is 8.15. The molecule has 1 aromatic carbocycles. The van der Waals surface area contributed by atoms with Gasteiger partial charge in [-0.15, -0.1) is 0 Å². The summed E-state index contributed by atoms with van der Waals surface area (Å²) in [4.78, 5) is 2.45. The zero-order chi connectivity index (χ0) is 16.7. The Morgan fingerprint density at radius 2 is 1.65 bits per heavy atom. The van der Waals surface area contributed by atoms with E-state index >= 15 is 0 Å². The molecule has 1 aliphatic heterocycles. The number of methoxy groups -OCH3 is 3. The zero-order valence-corrected chi connectivity index (χ0v) is 14.3. The number of ether oxygens (including phenoxy) is 3. The Morgan fingerprint density at radius 1 is 1.04 bits per heavy atom. The van der Waals surface area contributed by atoms with E-state index in [9.17, 15) is 5.26 Å². The van der Waals surface area contributed by atoms with Gasteiger partial charge >= 0.3 is 0 Å². The fourth-order valence-electron chi connectivity index (χ4n) is 3.10. The van der Waals surface area contributed by atoms with Gasteiger partial charge in [-0.25, -0.2) is 0 Å². The molecule has 5 nitrogen and oxygen atoms in total. The van der Waals surface area contributed by atoms with Gasteiger partial charge < -0.3 is 19.1 Å². The van der Waals surface area contributed by atoms with Gasteiger partial charge in [0.15, 0.2) is 11.5 Å². The maximum Gasteiger partial charge on any atom is 0.203 e. The molecule has 0 aromatic heterocycles. The van der Waals surface area contributed by atoms with Crippen LogP contribution in [0.1, 0.15) is 37.2 Å². The predicted molar refractivity (Wildman–Crippen MR) is 89.4 cm³/mol. The third-order valence-corrected chi connectivity index (χ3v) is 4.43. The van der Waals surface area contributed by atoms with E-state index < -0.39 is 0 Å². The Balaban J connectivity index is 2.15. The molecular weight excluding hydrogens is 292 g/mol. The number of hydrogen-bond donors (Lipinski definition) is 0. The fraction of sp³-hybridized carbons (Fsp3) is 0.611. The second kappa shape index (κ2) is 8.64. The van der Waals surface area contributed by atoms with Crippen LogP contribution in [0, 0.1) is 11.3 Å². The van der Waals surface area contributed by atoms with Crippen LogP contribution in [-0.2, 0) is 0 Å². The van der Waals surface area contributed by atoms with Crippen molar-refractivity contribution in [3.63, 3.8) is 0 Å². The first kappa shape index (κ1) is 17.4. The number of hydrogen-bond acceptors (Lipinski definition) is 5. The lowest BCUT2D eigenvalue weighted by Gasteiger charge is -2.27. The van der Waals surface area contributed by atoms with Crippen molar-refractivity contribution in [2.24, 2.45) is 0 Å². The van der Waals surface area contributed by atoms with Crippen molar-refractivity contribution < 1.29 is 14.2 Å². The van der Waals surface area contributed by atoms with Crippen molar-refractivity contribution >= 4 is 0 Å². The number of nitriles is 1. The number of benzene rings is 1. The highest BCUT2D eigenvalue weighted by atomic mass is 16.5. The van der Waals surface area contributed by atoms with Crippen LogP contribution >= 0.6 is 0 Å². The molecule has 1 unspecified atom stereocenters. The van der Waals surface area contributed by atoms with Gasteiger partial charge in [0.25, 0.3) is 0 Å². The van der Waals surface area contributed by atoms with Gasteiger partial charge in [-0.2, -0.15) is 5.26 Å². The van der Waals surface area contributed by atoms with Gasteiger partial charge in [0.2, 0.25) is 5.75 Å². The summed E-state index contributed by atoms with van der Waals surface area (Å²) >= 11 is 0. The smallest absolute Gasteiger partial charge is 0.203 e. The van der Waals surface area contributed by atoms with Gasteiger partial charge in [0, 0.05) is 0 Å². The molecule has 0 saturated carbocycles. The molecule has 0 aliphatic carbocycles. The van der Waals surface area contributed by atoms with Crippen LogP contribution < -0.4 is 14.2 Å². The number of likely N-dealkylation sites (tertiary alicyclic amines) is 1. The molecule has 0 amide bonds. The lowest BCUT2D eigenvalue weighted by Crippen LogP contribution is -2.31. The lowest BCUT2D eigenvalue weighted by molar-refractivity contribution is 0.224. The highest BCUT2D eigenvalue weighted by molar-refractivity contribution is 5.55. The van der Waals surface area contributed by atoms with Gasteiger partial charge in [0.1, 0.15) is 0 Å². The highest BCUT2D eigenvalue weighted by Crippen LogP contribution is 2.40. The van der Waals surface area contributed by atoms with Crippen LogP contribution in [0.5, 0.6) is 17.2 Å². The van der Waals surface area contributed by atoms with Gasteiger partial charge in [-0.3, -0.25) is 0 Å². The van der Waals surface area contributed by atoms with Crippen molar-refractivity contribution in [1.82, 2.24) is 4.90 Å². The Bertz CT molecular complexity index is 523. The van der Waals surface area contributed by atoms with Crippen LogP contribution in [0.3, 0.4) is 0 Å². The molecular formula is C18H26N2O3. The molecule has 0 spiro atoms. The molecule has 126 valence electrons. The van der Waals surface area contributed by atoms with E-state index in [1.165, 1.54) is 19.3 Å². The molecule has 0 radical (unpaired) electrons. The van der Waals surface area contributed by atoms with Crippen LogP contribution in [-0.4, -0.2) is 45.9 Å². The molecule has 23 heavy (non-hydrogen) atoms. The third-order valence-electron chi connectivity index (χ3n) is 4.43. The molecule has 0 bridgehead atoms. The van der Waals surface area contributed by atoms with Crippen molar-refractivity contribution in [3.8, 4) is 23.3 Å². The summed E-state index contributed by atoms with van der Waals surface area (Å²) in [7, 11) is 4.77. The molecule has 1 saturated heterocycles. The molecule has 1 heterocycles. The highest BCUT2D eigenvalue weighted by Gasteiger charge is 2.20. The quantitative estimate of drug-likeness (QED) is 0.773. The minimum Gasteiger partial charge on any atom is -0.493 e. The molecule has 2 rings (SSSR count). The minimum absolute atomic E-state index is 0.175. The molecule has 1 aliphatic rings. The summed E-state index contributed by atoms with van der Waals surface area (Å²) in [5.74, 6) is 1.58. The monoisotopic (exact) mass is 318 g/mol. The topological polar surface area (TPSA) is 54.7 Å². The van der Waals surface area contributed by atoms with E-state index in [0.29, 0.717) is 17.2 Å². The first-order chi connectivity index (χ1) is 11.2. The normalized spacial score (nSPS) is 16.4. The van der Waals surface area contributed by atoms with E-state index in [-0.39, 0.29) is 5.92 Å². The Labute approximate surface area is 138 Å². The number of rotatable bonds is 7. The van der Waals surface area contributed by atoms with Gasteiger partial charge in [-0.05, 0) is 56.6 Å². The maximum absolute atomic E-state index is 9.58. The minimum atomic E-state index is -0.175. The van der Waals surface area contributed by atoms with Crippen molar-refractivity contribution in [2.75, 3.05) is 41.0 Å². The summed E-state index contributed by atoms with van der Waals surface area (Å²) in [5.41, 5.74) is 0.916. The fourth-order valence-corrected chi connectivity index (χ4v) is 3.10. The van der Waals surface area contributed by atoms with Crippen molar-refractivity contribution in [3.05, 3.63) is 17.7 Å². The number of piperidine rings is 1. The van der Waals surface area contributed by atoms with E-state index in [1.54, 1.807) is 21.3 Å². The first-order valence-electron chi connectivity index (χ1n) is 8.15. The van der Waals surface area contributed by atoms with E-state index in [2.05, 4.69) is 11.0 Å². The maximum atomic E-state index is 9.58. The largest absolute Gasteiger partial charge is 0.493 e. The standard InChI is InChI=1S/C18H26N2O3/c1-21-16-11-15(12-17(22-2)18(16)23-3)14(13-19)7-10-20-8-5-4-6-9-20/h11-12,14H,4-10H2,1-3H3. The second-order valence-corrected chi connectivity index (χ2v) is 5.83. The van der Waals surface area contributed by atoms with Gasteiger partial charge in [-0.1, -0.05) is 6.42 Å². The van der Waals surface area contributed by atoms with Crippen LogP contribution in [0.2, 0.25) is 0 Å². The van der Waals surface area contributed by atoms with Gasteiger partial charge in [0.05, 0.1) is 33.3 Å². The summed E-state index contributed by atoms with van der Waals surface area (Å²) in [5, 5.41) is 9.58. The van der Waals surface area contributed by atoms with Crippen molar-refractivity contribution in [1.29, 1.82) is 5.26 Å². The Morgan fingerprint density at radius 3 is 2.13 bits per heavy atom. The molecule has 5 heteroatoms. The summed E-state index contributed by atoms with van der Waals surface area (Å²) in [6.07, 6.45) is 4.67. The van der Waals surface area contributed by atoms with E-state index in [4.69, 9.17) is 14.2 Å². The zero-order valence-electron chi connectivity index (χ0n) is 14.3. The SMILES string of the molecule is COc1cc(C(C#N)CCN2CCCCC2)cc(OC)c1OC. The predicted octanol–water partition coefficient (Wildman–Crippen LogP) is 3.20. The summed E-state index contributed by atoms with van der Waals surface area (Å²) in [6, 6.07) is 6.18. The number of nitrogens with zero attached hydrogens (tertiary/aromatic N) is 2.